The van der Waals surface area contributed by atoms with Gasteiger partial charge in [-0.15, -0.1) is 0 Å². The molecule has 0 bridgehead atoms. The minimum Gasteiger partial charge on any atom is -0.0928 e. The summed E-state index contributed by atoms with van der Waals surface area (Å²) in [5.41, 5.74) is 3.14. The fraction of sp³-hybridized carbons (Fsp3) is 0.571. The highest BCUT2D eigenvalue weighted by Crippen LogP contribution is 2.28. The topological polar surface area (TPSA) is 0 Å². The molecule has 0 aliphatic heterocycles. The molecule has 1 aromatic rings. The minimum absolute atomic E-state index is 0.277. The first kappa shape index (κ1) is 12.8. The highest BCUT2D eigenvalue weighted by atomic mass is 79.9. The zero-order valence-corrected chi connectivity index (χ0v) is 11.8. The Labute approximate surface area is 102 Å². The maximum Gasteiger partial charge on any atom is 0.00395 e. The molecule has 15 heavy (non-hydrogen) atoms. The summed E-state index contributed by atoms with van der Waals surface area (Å²) in [4.78, 5) is 0. The van der Waals surface area contributed by atoms with Crippen molar-refractivity contribution >= 4 is 15.9 Å². The minimum atomic E-state index is 0.277. The third-order valence-electron chi connectivity index (χ3n) is 3.08. The van der Waals surface area contributed by atoms with Gasteiger partial charge in [0, 0.05) is 5.33 Å². The second-order valence-electron chi connectivity index (χ2n) is 5.10. The van der Waals surface area contributed by atoms with Crippen LogP contribution in [-0.2, 0) is 5.41 Å². The Kier molecular flexibility index (Phi) is 4.39. The van der Waals surface area contributed by atoms with Gasteiger partial charge >= 0.3 is 0 Å². The molecule has 1 aromatic carbocycles. The van der Waals surface area contributed by atoms with E-state index in [9.17, 15) is 0 Å². The van der Waals surface area contributed by atoms with Crippen LogP contribution in [0.25, 0.3) is 0 Å². The van der Waals surface area contributed by atoms with Gasteiger partial charge in [-0.25, -0.2) is 0 Å². The molecule has 0 saturated heterocycles. The van der Waals surface area contributed by atoms with Gasteiger partial charge in [0.05, 0.1) is 0 Å². The summed E-state index contributed by atoms with van der Waals surface area (Å²) in [5, 5.41) is 1.06. The summed E-state index contributed by atoms with van der Waals surface area (Å²) in [7, 11) is 0. The van der Waals surface area contributed by atoms with E-state index < -0.39 is 0 Å². The van der Waals surface area contributed by atoms with Crippen LogP contribution in [-0.4, -0.2) is 5.33 Å². The normalized spacial score (nSPS) is 12.1. The Morgan fingerprint density at radius 1 is 1.13 bits per heavy atom. The Morgan fingerprint density at radius 2 is 1.67 bits per heavy atom. The molecular weight excluding hydrogens is 248 g/mol. The third-order valence-corrected chi connectivity index (χ3v) is 3.47. The van der Waals surface area contributed by atoms with Gasteiger partial charge in [0.1, 0.15) is 0 Å². The van der Waals surface area contributed by atoms with E-state index in [0.29, 0.717) is 5.92 Å². The van der Waals surface area contributed by atoms with Crippen LogP contribution >= 0.6 is 15.9 Å². The average Bonchev–Trinajstić information content (AvgIpc) is 2.18. The molecule has 0 fully saturated rings. The van der Waals surface area contributed by atoms with Gasteiger partial charge in [0.2, 0.25) is 0 Å². The van der Waals surface area contributed by atoms with Gasteiger partial charge < -0.3 is 0 Å². The van der Waals surface area contributed by atoms with Crippen LogP contribution in [0.15, 0.2) is 24.3 Å². The monoisotopic (exact) mass is 268 g/mol. The van der Waals surface area contributed by atoms with Gasteiger partial charge in [-0.1, -0.05) is 67.9 Å². The van der Waals surface area contributed by atoms with Gasteiger partial charge in [-0.3, -0.25) is 0 Å². The van der Waals surface area contributed by atoms with E-state index in [0.717, 1.165) is 5.33 Å². The molecule has 1 heteroatoms. The van der Waals surface area contributed by atoms with Crippen LogP contribution in [0.2, 0.25) is 0 Å². The number of rotatable bonds is 4. The van der Waals surface area contributed by atoms with Crippen LogP contribution in [0.4, 0.5) is 0 Å². The van der Waals surface area contributed by atoms with Crippen LogP contribution in [0.5, 0.6) is 0 Å². The first-order chi connectivity index (χ1) is 6.97. The predicted octanol–water partition coefficient (Wildman–Crippen LogP) is 4.87. The quantitative estimate of drug-likeness (QED) is 0.684. The van der Waals surface area contributed by atoms with Crippen LogP contribution in [0, 0.1) is 0 Å². The number of hydrogen-bond acceptors (Lipinski definition) is 0. The van der Waals surface area contributed by atoms with E-state index in [2.05, 4.69) is 67.9 Å². The highest BCUT2D eigenvalue weighted by Gasteiger charge is 2.19. The van der Waals surface area contributed by atoms with Crippen LogP contribution in [0.3, 0.4) is 0 Å². The lowest BCUT2D eigenvalue weighted by Crippen LogP contribution is -2.17. The van der Waals surface area contributed by atoms with Crippen molar-refractivity contribution in [2.45, 2.75) is 45.4 Å². The molecule has 0 N–H and O–H groups in total. The zero-order chi connectivity index (χ0) is 11.5. The van der Waals surface area contributed by atoms with E-state index in [-0.39, 0.29) is 5.41 Å². The van der Waals surface area contributed by atoms with Crippen LogP contribution in [0.1, 0.15) is 51.2 Å². The fourth-order valence-corrected chi connectivity index (χ4v) is 2.69. The lowest BCUT2D eigenvalue weighted by molar-refractivity contribution is 0.512. The molecule has 0 amide bonds. The molecule has 0 aliphatic carbocycles. The summed E-state index contributed by atoms with van der Waals surface area (Å²) in [6, 6.07) is 9.07. The fourth-order valence-electron chi connectivity index (χ4n) is 1.70. The Balaban J connectivity index is 2.88. The Hall–Kier alpha value is -0.300. The SMILES string of the molecule is CC(C)c1ccc(C(C)(C)CCBr)cc1. The lowest BCUT2D eigenvalue weighted by atomic mass is 9.81. The highest BCUT2D eigenvalue weighted by molar-refractivity contribution is 9.09. The van der Waals surface area contributed by atoms with Gasteiger partial charge in [-0.05, 0) is 28.9 Å². The molecule has 0 atom stereocenters. The molecule has 0 aromatic heterocycles. The molecule has 0 saturated carbocycles. The number of benzene rings is 1. The van der Waals surface area contributed by atoms with E-state index >= 15 is 0 Å². The van der Waals surface area contributed by atoms with Crippen molar-refractivity contribution in [1.82, 2.24) is 0 Å². The third kappa shape index (κ3) is 3.34. The van der Waals surface area contributed by atoms with Crippen molar-refractivity contribution in [1.29, 1.82) is 0 Å². The second kappa shape index (κ2) is 5.16. The van der Waals surface area contributed by atoms with Crippen molar-refractivity contribution < 1.29 is 0 Å². The van der Waals surface area contributed by atoms with Crippen molar-refractivity contribution in [2.24, 2.45) is 0 Å². The Bertz CT molecular complexity index is 296. The molecule has 1 rings (SSSR count). The number of halogens is 1. The standard InChI is InChI=1S/C14H21Br/c1-11(2)12-5-7-13(8-6-12)14(3,4)9-10-15/h5-8,11H,9-10H2,1-4H3. The summed E-state index contributed by atoms with van der Waals surface area (Å²) < 4.78 is 0. The molecule has 84 valence electrons. The van der Waals surface area contributed by atoms with E-state index in [1.54, 1.807) is 0 Å². The molecule has 0 aliphatic rings. The van der Waals surface area contributed by atoms with E-state index in [1.165, 1.54) is 17.5 Å². The van der Waals surface area contributed by atoms with E-state index in [4.69, 9.17) is 0 Å². The number of alkyl halides is 1. The molecule has 0 radical (unpaired) electrons. The maximum atomic E-state index is 3.52. The second-order valence-corrected chi connectivity index (χ2v) is 5.89. The van der Waals surface area contributed by atoms with Crippen molar-refractivity contribution in [3.05, 3.63) is 35.4 Å². The van der Waals surface area contributed by atoms with Gasteiger partial charge in [0.15, 0.2) is 0 Å². The van der Waals surface area contributed by atoms with E-state index in [1.807, 2.05) is 0 Å². The van der Waals surface area contributed by atoms with Crippen LogP contribution < -0.4 is 0 Å². The first-order valence-electron chi connectivity index (χ1n) is 5.64. The van der Waals surface area contributed by atoms with Gasteiger partial charge in [-0.2, -0.15) is 0 Å². The Morgan fingerprint density at radius 3 is 2.07 bits per heavy atom. The van der Waals surface area contributed by atoms with Crippen molar-refractivity contribution in [3.8, 4) is 0 Å². The zero-order valence-electron chi connectivity index (χ0n) is 10.2. The summed E-state index contributed by atoms with van der Waals surface area (Å²) >= 11 is 3.52. The van der Waals surface area contributed by atoms with Crippen molar-refractivity contribution in [2.75, 3.05) is 5.33 Å². The molecule has 0 nitrogen and oxygen atoms in total. The van der Waals surface area contributed by atoms with Crippen molar-refractivity contribution in [3.63, 3.8) is 0 Å². The number of hydrogen-bond donors (Lipinski definition) is 0. The summed E-state index contributed by atoms with van der Waals surface area (Å²) in [5.74, 6) is 0.623. The maximum absolute atomic E-state index is 3.52. The van der Waals surface area contributed by atoms with Gasteiger partial charge in [0.25, 0.3) is 0 Å². The molecule has 0 unspecified atom stereocenters. The predicted molar refractivity (Wildman–Crippen MR) is 72.0 cm³/mol. The first-order valence-corrected chi connectivity index (χ1v) is 6.76. The summed E-state index contributed by atoms with van der Waals surface area (Å²) in [6.45, 7) is 9.08. The lowest BCUT2D eigenvalue weighted by Gasteiger charge is -2.24. The molecule has 0 spiro atoms. The summed E-state index contributed by atoms with van der Waals surface area (Å²) in [6.07, 6.45) is 1.17. The molecule has 0 heterocycles. The molecular formula is C14H21Br. The smallest absolute Gasteiger partial charge is 0.00395 e. The largest absolute Gasteiger partial charge is 0.0928 e. The average molecular weight is 269 g/mol.